The molecule has 4 N–H and O–H groups in total. The summed E-state index contributed by atoms with van der Waals surface area (Å²) in [5.74, 6) is 1.69. The van der Waals surface area contributed by atoms with Crippen molar-refractivity contribution in [1.29, 1.82) is 0 Å². The van der Waals surface area contributed by atoms with Crippen LogP contribution in [0.5, 0.6) is 5.75 Å². The molecule has 1 unspecified atom stereocenters. The van der Waals surface area contributed by atoms with Crippen molar-refractivity contribution in [2.24, 2.45) is 11.8 Å². The number of H-pyrrole nitrogens is 2. The number of carbonyl (C=O) groups excluding carboxylic acids is 4. The Morgan fingerprint density at radius 3 is 2.00 bits per heavy atom. The number of hydrogen-bond donors (Lipinski definition) is 4. The molecule has 2 aromatic heterocycles. The molecule has 15 heteroatoms. The number of benzene rings is 3. The summed E-state index contributed by atoms with van der Waals surface area (Å²) in [7, 11) is 2.58. The average Bonchev–Trinajstić information content (AvgIpc) is 4.06. The molecule has 2 fully saturated rings. The first-order valence-corrected chi connectivity index (χ1v) is 20.0. The second-order valence-electron chi connectivity index (χ2n) is 16.1. The lowest BCUT2D eigenvalue weighted by molar-refractivity contribution is -0.136. The number of aromatic amines is 2. The normalized spacial score (nSPS) is 18.6. The topological polar surface area (TPSA) is 184 Å². The van der Waals surface area contributed by atoms with Gasteiger partial charge in [-0.15, -0.1) is 0 Å². The number of nitrogens with zero attached hydrogens (tertiary/aromatic N) is 4. The van der Waals surface area contributed by atoms with Gasteiger partial charge in [-0.25, -0.2) is 19.6 Å². The molecule has 5 heterocycles. The van der Waals surface area contributed by atoms with Crippen LogP contribution in [0.3, 0.4) is 0 Å². The predicted molar refractivity (Wildman–Crippen MR) is 217 cm³/mol. The minimum absolute atomic E-state index is 0.116. The quantitative estimate of drug-likeness (QED) is 0.125. The van der Waals surface area contributed by atoms with Gasteiger partial charge in [0.2, 0.25) is 11.8 Å². The Morgan fingerprint density at radius 2 is 1.38 bits per heavy atom. The van der Waals surface area contributed by atoms with Gasteiger partial charge in [0.05, 0.1) is 49.2 Å². The van der Waals surface area contributed by atoms with E-state index >= 15 is 0 Å². The van der Waals surface area contributed by atoms with Gasteiger partial charge in [0.25, 0.3) is 0 Å². The van der Waals surface area contributed by atoms with Crippen molar-refractivity contribution in [2.75, 3.05) is 27.3 Å². The van der Waals surface area contributed by atoms with E-state index in [1.807, 2.05) is 49.8 Å². The average molecular weight is 791 g/mol. The third kappa shape index (κ3) is 6.96. The number of rotatable bonds is 9. The third-order valence-electron chi connectivity index (χ3n) is 11.8. The second kappa shape index (κ2) is 15.7. The summed E-state index contributed by atoms with van der Waals surface area (Å²) in [6, 6.07) is 12.7. The number of imidazole rings is 2. The number of alkyl carbamates (subject to hydrolysis) is 2. The van der Waals surface area contributed by atoms with Crippen LogP contribution in [-0.2, 0) is 25.7 Å². The monoisotopic (exact) mass is 790 g/mol. The summed E-state index contributed by atoms with van der Waals surface area (Å²) in [6.07, 6.45) is 3.74. The van der Waals surface area contributed by atoms with E-state index in [2.05, 4.69) is 57.0 Å². The minimum Gasteiger partial charge on any atom is -0.488 e. The van der Waals surface area contributed by atoms with Gasteiger partial charge in [-0.05, 0) is 78.5 Å². The highest BCUT2D eigenvalue weighted by atomic mass is 16.5. The summed E-state index contributed by atoms with van der Waals surface area (Å²) in [6.45, 7) is 9.15. The van der Waals surface area contributed by atoms with Crippen molar-refractivity contribution in [3.63, 3.8) is 0 Å². The number of aromatic nitrogens is 4. The van der Waals surface area contributed by atoms with Gasteiger partial charge in [0.1, 0.15) is 36.1 Å². The number of likely N-dealkylation sites (tertiary alicyclic amines) is 2. The van der Waals surface area contributed by atoms with E-state index in [-0.39, 0.29) is 35.7 Å². The van der Waals surface area contributed by atoms with Crippen LogP contribution in [0.15, 0.2) is 48.7 Å². The zero-order valence-corrected chi connectivity index (χ0v) is 33.7. The fraction of sp³-hybridized carbons (Fsp3) is 0.442. The largest absolute Gasteiger partial charge is 0.488 e. The summed E-state index contributed by atoms with van der Waals surface area (Å²) in [4.78, 5) is 71.8. The van der Waals surface area contributed by atoms with Crippen LogP contribution in [0, 0.1) is 11.8 Å². The highest BCUT2D eigenvalue weighted by molar-refractivity contribution is 6.09. The van der Waals surface area contributed by atoms with E-state index in [4.69, 9.17) is 24.2 Å². The Hall–Kier alpha value is -6.12. The second-order valence-corrected chi connectivity index (χ2v) is 16.1. The Labute approximate surface area is 336 Å². The van der Waals surface area contributed by atoms with E-state index in [1.54, 1.807) is 0 Å². The van der Waals surface area contributed by atoms with Crippen molar-refractivity contribution < 1.29 is 33.4 Å². The zero-order chi connectivity index (χ0) is 40.8. The van der Waals surface area contributed by atoms with Crippen molar-refractivity contribution in [3.05, 3.63) is 65.9 Å². The fourth-order valence-electron chi connectivity index (χ4n) is 8.73. The SMILES string of the molecule is COC(=O)N[C@H](C(=O)N1CCCC1c1ncc(-c2ccc3c(c2)COc2c-3ccc3c2ccc2[nH]c([C@@H]4CCCN4C(=O)[C@@H](NC(=O)OC)C(C)C)nc23)[nH]1)C(C)C. The minimum atomic E-state index is -0.708. The lowest BCUT2D eigenvalue weighted by Crippen LogP contribution is -2.51. The van der Waals surface area contributed by atoms with Crippen LogP contribution in [0.25, 0.3) is 44.2 Å². The molecule has 0 spiro atoms. The molecule has 3 aliphatic heterocycles. The van der Waals surface area contributed by atoms with Crippen LogP contribution in [0.1, 0.15) is 82.7 Å². The zero-order valence-electron chi connectivity index (χ0n) is 33.7. The van der Waals surface area contributed by atoms with Crippen molar-refractivity contribution in [1.82, 2.24) is 40.4 Å². The Balaban J connectivity index is 1.03. The number of hydrogen-bond acceptors (Lipinski definition) is 9. The molecule has 15 nitrogen and oxygen atoms in total. The van der Waals surface area contributed by atoms with Crippen LogP contribution in [0.4, 0.5) is 9.59 Å². The number of ether oxygens (including phenoxy) is 3. The van der Waals surface area contributed by atoms with Gasteiger partial charge in [-0.1, -0.05) is 45.9 Å². The van der Waals surface area contributed by atoms with E-state index in [0.717, 1.165) is 87.0 Å². The van der Waals surface area contributed by atoms with Gasteiger partial charge >= 0.3 is 12.2 Å². The van der Waals surface area contributed by atoms with E-state index in [1.165, 1.54) is 14.2 Å². The molecule has 3 aromatic carbocycles. The number of fused-ring (bicyclic) bond motifs is 7. The predicted octanol–water partition coefficient (Wildman–Crippen LogP) is 6.75. The number of methoxy groups -OCH3 is 2. The third-order valence-corrected chi connectivity index (χ3v) is 11.8. The molecule has 4 amide bonds. The number of amides is 4. The van der Waals surface area contributed by atoms with Crippen LogP contribution < -0.4 is 15.4 Å². The molecule has 0 bridgehead atoms. The van der Waals surface area contributed by atoms with Gasteiger partial charge in [-0.3, -0.25) is 9.59 Å². The van der Waals surface area contributed by atoms with Gasteiger partial charge in [0, 0.05) is 29.4 Å². The summed E-state index contributed by atoms with van der Waals surface area (Å²) < 4.78 is 16.1. The highest BCUT2D eigenvalue weighted by Gasteiger charge is 2.39. The standard InChI is InChI=1S/C43H50N8O7/c1-22(2)34(48-42(54)56-5)40(52)50-17-7-9-32(50)38-44-20-31(46-38)24-11-12-26-25(19-24)21-58-37-28(26)14-13-27-29(37)15-16-30-36(27)47-39(45-30)33-10-8-18-51(33)41(53)35(23(3)4)49-43(55)57-6/h11-16,19-20,22-23,32-35H,7-10,17-18,21H2,1-6H3,(H,44,46)(H,45,47)(H,48,54)(H,49,55)/t32?,33-,34-,35-/m0/s1. The smallest absolute Gasteiger partial charge is 0.407 e. The van der Waals surface area contributed by atoms with Crippen molar-refractivity contribution in [2.45, 2.75) is 84.2 Å². The van der Waals surface area contributed by atoms with E-state index < -0.39 is 24.3 Å². The van der Waals surface area contributed by atoms with Gasteiger partial charge in [-0.2, -0.15) is 0 Å². The Kier molecular flexibility index (Phi) is 10.5. The highest BCUT2D eigenvalue weighted by Crippen LogP contribution is 2.45. The molecule has 304 valence electrons. The summed E-state index contributed by atoms with van der Waals surface area (Å²) >= 11 is 0. The maximum absolute atomic E-state index is 13.7. The van der Waals surface area contributed by atoms with Crippen LogP contribution in [0.2, 0.25) is 0 Å². The number of carbonyl (C=O) groups is 4. The maximum Gasteiger partial charge on any atom is 0.407 e. The van der Waals surface area contributed by atoms with Crippen LogP contribution in [-0.4, -0.2) is 93.1 Å². The molecular weight excluding hydrogens is 741 g/mol. The lowest BCUT2D eigenvalue weighted by Gasteiger charge is -2.30. The van der Waals surface area contributed by atoms with Gasteiger partial charge in [0.15, 0.2) is 0 Å². The first-order valence-electron chi connectivity index (χ1n) is 20.0. The molecule has 8 rings (SSSR count). The van der Waals surface area contributed by atoms with Crippen molar-refractivity contribution >= 4 is 45.8 Å². The molecule has 0 saturated carbocycles. The molecule has 2 saturated heterocycles. The van der Waals surface area contributed by atoms with Gasteiger partial charge < -0.3 is 44.6 Å². The van der Waals surface area contributed by atoms with Crippen LogP contribution >= 0.6 is 0 Å². The Bertz CT molecular complexity index is 2400. The van der Waals surface area contributed by atoms with E-state index in [9.17, 15) is 19.2 Å². The molecule has 0 radical (unpaired) electrons. The molecular formula is C43H50N8O7. The Morgan fingerprint density at radius 1 is 0.776 bits per heavy atom. The van der Waals surface area contributed by atoms with E-state index in [0.29, 0.717) is 25.5 Å². The van der Waals surface area contributed by atoms with Crippen molar-refractivity contribution in [3.8, 4) is 28.1 Å². The molecule has 3 aliphatic rings. The summed E-state index contributed by atoms with van der Waals surface area (Å²) in [5, 5.41) is 7.32. The summed E-state index contributed by atoms with van der Waals surface area (Å²) in [5.41, 5.74) is 6.60. The lowest BCUT2D eigenvalue weighted by atomic mass is 9.92. The molecule has 0 aliphatic carbocycles. The first-order chi connectivity index (χ1) is 28.0. The molecule has 4 atom stereocenters. The first kappa shape index (κ1) is 38.7. The fourth-order valence-corrected chi connectivity index (χ4v) is 8.73. The molecule has 58 heavy (non-hydrogen) atoms. The maximum atomic E-state index is 13.7. The number of nitrogens with one attached hydrogen (secondary N) is 4. The molecule has 5 aromatic rings.